The van der Waals surface area contributed by atoms with Crippen molar-refractivity contribution in [3.05, 3.63) is 23.8 Å². The van der Waals surface area contributed by atoms with E-state index in [1.54, 1.807) is 6.07 Å². The number of carbonyl (C=O) groups excluding carboxylic acids is 1. The number of methoxy groups -OCH3 is 2. The van der Waals surface area contributed by atoms with Crippen LogP contribution in [0.25, 0.3) is 0 Å². The second-order valence-corrected chi connectivity index (χ2v) is 3.64. The van der Waals surface area contributed by atoms with Gasteiger partial charge in [0.25, 0.3) is 0 Å². The number of carbonyl (C=O) groups is 2. The molecule has 0 aliphatic heterocycles. The van der Waals surface area contributed by atoms with Crippen molar-refractivity contribution in [2.45, 2.75) is 12.5 Å². The van der Waals surface area contributed by atoms with E-state index in [1.165, 1.54) is 26.4 Å². The first-order chi connectivity index (χ1) is 8.49. The summed E-state index contributed by atoms with van der Waals surface area (Å²) >= 11 is 0. The zero-order chi connectivity index (χ0) is 13.7. The zero-order valence-corrected chi connectivity index (χ0v) is 10.2. The first-order valence-electron chi connectivity index (χ1n) is 5.23. The van der Waals surface area contributed by atoms with Crippen LogP contribution in [0.15, 0.2) is 18.2 Å². The lowest BCUT2D eigenvalue weighted by Gasteiger charge is -2.11. The topological polar surface area (TPSA) is 98.9 Å². The molecular formula is C12H15NO5. The number of rotatable bonds is 6. The summed E-state index contributed by atoms with van der Waals surface area (Å²) in [5, 5.41) is 8.59. The zero-order valence-electron chi connectivity index (χ0n) is 10.2. The highest BCUT2D eigenvalue weighted by Gasteiger charge is 2.20. The number of ether oxygens (including phenoxy) is 2. The van der Waals surface area contributed by atoms with Gasteiger partial charge in [-0.25, -0.2) is 0 Å². The predicted octanol–water partition coefficient (Wildman–Crippen LogP) is 0.688. The van der Waals surface area contributed by atoms with Gasteiger partial charge in [0.1, 0.15) is 0 Å². The summed E-state index contributed by atoms with van der Waals surface area (Å²) in [5.74, 6) is -0.679. The molecule has 0 spiro atoms. The van der Waals surface area contributed by atoms with Crippen LogP contribution < -0.4 is 15.2 Å². The van der Waals surface area contributed by atoms with Crippen molar-refractivity contribution in [2.24, 2.45) is 5.73 Å². The maximum absolute atomic E-state index is 11.9. The van der Waals surface area contributed by atoms with E-state index >= 15 is 0 Å². The van der Waals surface area contributed by atoms with Crippen LogP contribution >= 0.6 is 0 Å². The fourth-order valence-corrected chi connectivity index (χ4v) is 1.48. The molecule has 0 bridgehead atoms. The Hall–Kier alpha value is -2.08. The van der Waals surface area contributed by atoms with Crippen molar-refractivity contribution in [3.8, 4) is 11.5 Å². The van der Waals surface area contributed by atoms with Gasteiger partial charge in [0.05, 0.1) is 26.7 Å². The monoisotopic (exact) mass is 253 g/mol. The lowest BCUT2D eigenvalue weighted by molar-refractivity contribution is -0.137. The quantitative estimate of drug-likeness (QED) is 0.723. The molecule has 18 heavy (non-hydrogen) atoms. The van der Waals surface area contributed by atoms with Gasteiger partial charge in [0.2, 0.25) is 0 Å². The number of Topliss-reactive ketones (excluding diaryl/α,β-unsaturated/α-hetero) is 1. The molecule has 0 aliphatic carbocycles. The van der Waals surface area contributed by atoms with Crippen LogP contribution in [0.3, 0.4) is 0 Å². The molecular weight excluding hydrogens is 238 g/mol. The molecule has 1 rings (SSSR count). The number of carboxylic acid groups (broad SMARTS) is 1. The molecule has 0 aliphatic rings. The average molecular weight is 253 g/mol. The Labute approximate surface area is 104 Å². The summed E-state index contributed by atoms with van der Waals surface area (Å²) in [6.07, 6.45) is -0.410. The minimum atomic E-state index is -1.11. The van der Waals surface area contributed by atoms with E-state index in [0.29, 0.717) is 17.1 Å². The van der Waals surface area contributed by atoms with Gasteiger partial charge < -0.3 is 20.3 Å². The molecule has 0 saturated heterocycles. The second kappa shape index (κ2) is 6.02. The van der Waals surface area contributed by atoms with Crippen LogP contribution in [-0.4, -0.2) is 37.1 Å². The molecule has 0 aromatic heterocycles. The minimum Gasteiger partial charge on any atom is -0.493 e. The van der Waals surface area contributed by atoms with E-state index in [1.807, 2.05) is 0 Å². The summed E-state index contributed by atoms with van der Waals surface area (Å²) in [6.45, 7) is 0. The molecule has 1 atom stereocenters. The maximum atomic E-state index is 11.9. The third-order valence-corrected chi connectivity index (χ3v) is 2.40. The van der Waals surface area contributed by atoms with Crippen molar-refractivity contribution < 1.29 is 24.2 Å². The van der Waals surface area contributed by atoms with Crippen LogP contribution in [0, 0.1) is 0 Å². The van der Waals surface area contributed by atoms with E-state index in [2.05, 4.69) is 0 Å². The van der Waals surface area contributed by atoms with Crippen molar-refractivity contribution >= 4 is 11.8 Å². The van der Waals surface area contributed by atoms with Crippen LogP contribution in [0.1, 0.15) is 16.8 Å². The molecule has 0 heterocycles. The lowest BCUT2D eigenvalue weighted by Crippen LogP contribution is -2.32. The molecule has 6 nitrogen and oxygen atoms in total. The van der Waals surface area contributed by atoms with Crippen molar-refractivity contribution in [1.82, 2.24) is 0 Å². The van der Waals surface area contributed by atoms with Gasteiger partial charge in [-0.3, -0.25) is 9.59 Å². The Morgan fingerprint density at radius 2 is 1.89 bits per heavy atom. The highest BCUT2D eigenvalue weighted by Crippen LogP contribution is 2.28. The standard InChI is InChI=1S/C12H15NO5/c1-17-9-4-3-7(5-10(9)18-2)12(16)8(13)6-11(14)15/h3-5,8H,6,13H2,1-2H3,(H,14,15). The normalized spacial score (nSPS) is 11.7. The highest BCUT2D eigenvalue weighted by molar-refractivity contribution is 6.02. The third-order valence-electron chi connectivity index (χ3n) is 2.40. The lowest BCUT2D eigenvalue weighted by atomic mass is 10.0. The summed E-state index contributed by atoms with van der Waals surface area (Å²) in [4.78, 5) is 22.4. The number of aliphatic carboxylic acids is 1. The van der Waals surface area contributed by atoms with Gasteiger partial charge in [0, 0.05) is 5.56 Å². The van der Waals surface area contributed by atoms with Gasteiger partial charge in [-0.1, -0.05) is 0 Å². The van der Waals surface area contributed by atoms with Gasteiger partial charge >= 0.3 is 5.97 Å². The number of benzene rings is 1. The number of hydrogen-bond acceptors (Lipinski definition) is 5. The van der Waals surface area contributed by atoms with Gasteiger partial charge in [-0.15, -0.1) is 0 Å². The summed E-state index contributed by atoms with van der Waals surface area (Å²) in [7, 11) is 2.93. The third kappa shape index (κ3) is 3.21. The first kappa shape index (κ1) is 14.0. The van der Waals surface area contributed by atoms with Gasteiger partial charge in [0.15, 0.2) is 17.3 Å². The maximum Gasteiger partial charge on any atom is 0.305 e. The Kier molecular flexibility index (Phi) is 4.67. The Bertz CT molecular complexity index is 458. The number of carboxylic acids is 1. The second-order valence-electron chi connectivity index (χ2n) is 3.64. The van der Waals surface area contributed by atoms with E-state index in [-0.39, 0.29) is 0 Å². The SMILES string of the molecule is COc1ccc(C(=O)C(N)CC(=O)O)cc1OC. The number of hydrogen-bond donors (Lipinski definition) is 2. The smallest absolute Gasteiger partial charge is 0.305 e. The van der Waals surface area contributed by atoms with Crippen LogP contribution in [0.2, 0.25) is 0 Å². The molecule has 98 valence electrons. The molecule has 0 amide bonds. The van der Waals surface area contributed by atoms with E-state index in [4.69, 9.17) is 20.3 Å². The van der Waals surface area contributed by atoms with Crippen molar-refractivity contribution in [1.29, 1.82) is 0 Å². The summed E-state index contributed by atoms with van der Waals surface area (Å²) in [5.41, 5.74) is 5.80. The van der Waals surface area contributed by atoms with Crippen molar-refractivity contribution in [2.75, 3.05) is 14.2 Å². The summed E-state index contributed by atoms with van der Waals surface area (Å²) < 4.78 is 10.1. The van der Waals surface area contributed by atoms with Gasteiger partial charge in [-0.2, -0.15) is 0 Å². The molecule has 3 N–H and O–H groups in total. The van der Waals surface area contributed by atoms with Crippen LogP contribution in [-0.2, 0) is 4.79 Å². The minimum absolute atomic E-state index is 0.293. The molecule has 0 radical (unpaired) electrons. The van der Waals surface area contributed by atoms with E-state index < -0.39 is 24.2 Å². The largest absolute Gasteiger partial charge is 0.493 e. The molecule has 1 aromatic carbocycles. The number of ketones is 1. The average Bonchev–Trinajstić information content (AvgIpc) is 2.36. The molecule has 1 unspecified atom stereocenters. The number of nitrogens with two attached hydrogens (primary N) is 1. The Morgan fingerprint density at radius 1 is 1.28 bits per heavy atom. The Balaban J connectivity index is 2.96. The molecule has 6 heteroatoms. The fraction of sp³-hybridized carbons (Fsp3) is 0.333. The van der Waals surface area contributed by atoms with E-state index in [9.17, 15) is 9.59 Å². The molecule has 1 aromatic rings. The van der Waals surface area contributed by atoms with E-state index in [0.717, 1.165) is 0 Å². The Morgan fingerprint density at radius 3 is 2.39 bits per heavy atom. The van der Waals surface area contributed by atoms with Crippen molar-refractivity contribution in [3.63, 3.8) is 0 Å². The molecule has 0 saturated carbocycles. The van der Waals surface area contributed by atoms with Crippen LogP contribution in [0.4, 0.5) is 0 Å². The summed E-state index contributed by atoms with van der Waals surface area (Å²) in [6, 6.07) is 3.49. The van der Waals surface area contributed by atoms with Gasteiger partial charge in [-0.05, 0) is 18.2 Å². The predicted molar refractivity (Wildman–Crippen MR) is 64.1 cm³/mol. The highest BCUT2D eigenvalue weighted by atomic mass is 16.5. The molecule has 0 fully saturated rings. The first-order valence-corrected chi connectivity index (χ1v) is 5.23. The fourth-order valence-electron chi connectivity index (χ4n) is 1.48. The van der Waals surface area contributed by atoms with Crippen LogP contribution in [0.5, 0.6) is 11.5 Å².